The molecule has 3 aromatic rings. The number of halogens is 1. The first-order valence-electron chi connectivity index (χ1n) is 8.80. The van der Waals surface area contributed by atoms with Crippen LogP contribution in [0, 0.1) is 0 Å². The molecule has 0 fully saturated rings. The molecule has 0 unspecified atom stereocenters. The van der Waals surface area contributed by atoms with Crippen molar-refractivity contribution >= 4 is 23.2 Å². The highest BCUT2D eigenvalue weighted by Crippen LogP contribution is 2.30. The van der Waals surface area contributed by atoms with Gasteiger partial charge in [-0.05, 0) is 37.5 Å². The fourth-order valence-corrected chi connectivity index (χ4v) is 3.19. The van der Waals surface area contributed by atoms with Crippen molar-refractivity contribution in [3.63, 3.8) is 0 Å². The fourth-order valence-electron chi connectivity index (χ4n) is 3.00. The topological polar surface area (TPSA) is 69.4 Å². The Morgan fingerprint density at radius 3 is 2.69 bits per heavy atom. The van der Waals surface area contributed by atoms with E-state index in [0.717, 1.165) is 35.4 Å². The average Bonchev–Trinajstić information content (AvgIpc) is 3.01. The van der Waals surface area contributed by atoms with Crippen LogP contribution >= 0.6 is 11.6 Å². The molecule has 0 bridgehead atoms. The van der Waals surface area contributed by atoms with Crippen LogP contribution in [0.4, 0.5) is 0 Å². The molecule has 0 spiro atoms. The summed E-state index contributed by atoms with van der Waals surface area (Å²) < 4.78 is 6.86. The second-order valence-corrected chi connectivity index (χ2v) is 6.32. The number of hydrogen-bond acceptors (Lipinski definition) is 5. The first-order chi connectivity index (χ1) is 12.6. The Hall–Kier alpha value is -2.47. The van der Waals surface area contributed by atoms with Crippen LogP contribution in [0.15, 0.2) is 24.3 Å². The summed E-state index contributed by atoms with van der Waals surface area (Å²) in [6.45, 7) is 6.14. The van der Waals surface area contributed by atoms with Gasteiger partial charge < -0.3 is 4.74 Å². The normalized spacial score (nSPS) is 11.1. The van der Waals surface area contributed by atoms with Crippen molar-refractivity contribution in [3.8, 4) is 11.1 Å². The quantitative estimate of drug-likeness (QED) is 0.608. The van der Waals surface area contributed by atoms with Gasteiger partial charge >= 0.3 is 5.97 Å². The SMILES string of the molecule is CCCc1c(C(=O)OCC)nnc2c(-c3cccc(Cl)c3)c(CC)nn12. The van der Waals surface area contributed by atoms with Crippen LogP contribution in [-0.4, -0.2) is 32.4 Å². The lowest BCUT2D eigenvalue weighted by atomic mass is 10.0. The molecule has 0 N–H and O–H groups in total. The summed E-state index contributed by atoms with van der Waals surface area (Å²) in [5.74, 6) is -0.469. The molecule has 3 rings (SSSR count). The zero-order valence-corrected chi connectivity index (χ0v) is 15.9. The van der Waals surface area contributed by atoms with Gasteiger partial charge in [0, 0.05) is 5.02 Å². The van der Waals surface area contributed by atoms with Crippen molar-refractivity contribution in [1.29, 1.82) is 0 Å². The predicted molar refractivity (Wildman–Crippen MR) is 101 cm³/mol. The Labute approximate surface area is 157 Å². The molecule has 0 aliphatic carbocycles. The van der Waals surface area contributed by atoms with Gasteiger partial charge in [-0.3, -0.25) is 0 Å². The van der Waals surface area contributed by atoms with Gasteiger partial charge in [-0.25, -0.2) is 9.31 Å². The number of ether oxygens (including phenoxy) is 1. The molecule has 2 aromatic heterocycles. The molecule has 0 radical (unpaired) electrons. The van der Waals surface area contributed by atoms with Crippen molar-refractivity contribution in [2.75, 3.05) is 6.61 Å². The van der Waals surface area contributed by atoms with Crippen LogP contribution in [0.25, 0.3) is 16.8 Å². The van der Waals surface area contributed by atoms with Crippen molar-refractivity contribution in [3.05, 3.63) is 46.4 Å². The van der Waals surface area contributed by atoms with Gasteiger partial charge in [-0.15, -0.1) is 10.2 Å². The Morgan fingerprint density at radius 1 is 1.23 bits per heavy atom. The average molecular weight is 373 g/mol. The number of carbonyl (C=O) groups excluding carboxylic acids is 1. The maximum Gasteiger partial charge on any atom is 0.360 e. The lowest BCUT2D eigenvalue weighted by molar-refractivity contribution is 0.0515. The summed E-state index contributed by atoms with van der Waals surface area (Å²) in [4.78, 5) is 12.3. The molecule has 2 heterocycles. The van der Waals surface area contributed by atoms with E-state index in [4.69, 9.17) is 21.4 Å². The van der Waals surface area contributed by atoms with E-state index in [0.29, 0.717) is 17.1 Å². The number of hydrogen-bond donors (Lipinski definition) is 0. The van der Waals surface area contributed by atoms with Crippen LogP contribution in [0.3, 0.4) is 0 Å². The maximum atomic E-state index is 12.3. The van der Waals surface area contributed by atoms with Gasteiger partial charge in [0.1, 0.15) is 0 Å². The van der Waals surface area contributed by atoms with Gasteiger partial charge in [0.15, 0.2) is 11.3 Å². The number of aryl methyl sites for hydroxylation is 2. The highest BCUT2D eigenvalue weighted by Gasteiger charge is 2.23. The molecule has 0 saturated carbocycles. The van der Waals surface area contributed by atoms with Crippen LogP contribution < -0.4 is 0 Å². The number of aromatic nitrogens is 4. The maximum absolute atomic E-state index is 12.3. The third-order valence-electron chi connectivity index (χ3n) is 4.11. The van der Waals surface area contributed by atoms with Gasteiger partial charge in [-0.1, -0.05) is 44.0 Å². The van der Waals surface area contributed by atoms with E-state index in [1.165, 1.54) is 0 Å². The van der Waals surface area contributed by atoms with Crippen molar-refractivity contribution < 1.29 is 9.53 Å². The van der Waals surface area contributed by atoms with Crippen LogP contribution in [-0.2, 0) is 17.6 Å². The molecule has 136 valence electrons. The van der Waals surface area contributed by atoms with Gasteiger partial charge in [0.2, 0.25) is 0 Å². The third-order valence-corrected chi connectivity index (χ3v) is 4.35. The number of benzene rings is 1. The first-order valence-corrected chi connectivity index (χ1v) is 9.18. The van der Waals surface area contributed by atoms with Crippen LogP contribution in [0.5, 0.6) is 0 Å². The number of carbonyl (C=O) groups is 1. The molecule has 0 atom stereocenters. The minimum atomic E-state index is -0.469. The van der Waals surface area contributed by atoms with E-state index in [9.17, 15) is 4.79 Å². The standard InChI is InChI=1S/C19H21ClN4O2/c1-4-8-15-17(19(25)26-6-3)21-22-18-16(14(5-2)23-24(15)18)12-9-7-10-13(20)11-12/h7,9-11H,4-6,8H2,1-3H3. The predicted octanol–water partition coefficient (Wildman–Crippen LogP) is 4.14. The molecule has 1 aromatic carbocycles. The number of rotatable bonds is 6. The lowest BCUT2D eigenvalue weighted by Gasteiger charge is -2.08. The molecule has 0 amide bonds. The largest absolute Gasteiger partial charge is 0.461 e. The van der Waals surface area contributed by atoms with E-state index in [2.05, 4.69) is 10.2 Å². The van der Waals surface area contributed by atoms with E-state index >= 15 is 0 Å². The second kappa shape index (κ2) is 7.83. The molecule has 0 aliphatic heterocycles. The molecule has 26 heavy (non-hydrogen) atoms. The Kier molecular flexibility index (Phi) is 5.52. The van der Waals surface area contributed by atoms with Gasteiger partial charge in [0.05, 0.1) is 23.6 Å². The van der Waals surface area contributed by atoms with Crippen molar-refractivity contribution in [2.24, 2.45) is 0 Å². The summed E-state index contributed by atoms with van der Waals surface area (Å²) in [5, 5.41) is 13.9. The fraction of sp³-hybridized carbons (Fsp3) is 0.368. The summed E-state index contributed by atoms with van der Waals surface area (Å²) in [7, 11) is 0. The van der Waals surface area contributed by atoms with Crippen LogP contribution in [0.2, 0.25) is 5.02 Å². The molecular weight excluding hydrogens is 352 g/mol. The monoisotopic (exact) mass is 372 g/mol. The number of fused-ring (bicyclic) bond motifs is 1. The van der Waals surface area contributed by atoms with E-state index in [1.807, 2.05) is 38.1 Å². The Bertz CT molecular complexity index is 952. The minimum absolute atomic E-state index is 0.226. The third kappa shape index (κ3) is 3.29. The second-order valence-electron chi connectivity index (χ2n) is 5.89. The van der Waals surface area contributed by atoms with Crippen LogP contribution in [0.1, 0.15) is 49.1 Å². The molecule has 6 nitrogen and oxygen atoms in total. The highest BCUT2D eigenvalue weighted by atomic mass is 35.5. The number of esters is 1. The van der Waals surface area contributed by atoms with E-state index in [1.54, 1.807) is 11.4 Å². The smallest absolute Gasteiger partial charge is 0.360 e. The van der Waals surface area contributed by atoms with Gasteiger partial charge in [-0.2, -0.15) is 5.10 Å². The summed E-state index contributed by atoms with van der Waals surface area (Å²) in [6.07, 6.45) is 2.23. The molecule has 0 aliphatic rings. The molecule has 0 saturated heterocycles. The summed E-state index contributed by atoms with van der Waals surface area (Å²) in [6, 6.07) is 7.59. The summed E-state index contributed by atoms with van der Waals surface area (Å²) in [5.41, 5.74) is 4.30. The van der Waals surface area contributed by atoms with Crippen molar-refractivity contribution in [2.45, 2.75) is 40.0 Å². The first kappa shape index (κ1) is 18.3. The molecule has 7 heteroatoms. The van der Waals surface area contributed by atoms with E-state index < -0.39 is 5.97 Å². The molecular formula is C19H21ClN4O2. The Balaban J connectivity index is 2.28. The van der Waals surface area contributed by atoms with E-state index in [-0.39, 0.29) is 12.3 Å². The van der Waals surface area contributed by atoms with Gasteiger partial charge in [0.25, 0.3) is 0 Å². The number of nitrogens with zero attached hydrogens (tertiary/aromatic N) is 4. The highest BCUT2D eigenvalue weighted by molar-refractivity contribution is 6.30. The van der Waals surface area contributed by atoms with Crippen molar-refractivity contribution in [1.82, 2.24) is 19.8 Å². The minimum Gasteiger partial charge on any atom is -0.461 e. The zero-order valence-electron chi connectivity index (χ0n) is 15.1. The summed E-state index contributed by atoms with van der Waals surface area (Å²) >= 11 is 6.17. The zero-order chi connectivity index (χ0) is 18.7. The lowest BCUT2D eigenvalue weighted by Crippen LogP contribution is -2.16. The Morgan fingerprint density at radius 2 is 2.04 bits per heavy atom.